The molecule has 0 radical (unpaired) electrons. The van der Waals surface area contributed by atoms with Gasteiger partial charge in [0.2, 0.25) is 0 Å². The van der Waals surface area contributed by atoms with E-state index >= 15 is 0 Å². The van der Waals surface area contributed by atoms with Gasteiger partial charge in [-0.1, -0.05) is 5.21 Å². The van der Waals surface area contributed by atoms with E-state index in [4.69, 9.17) is 16.8 Å². The van der Waals surface area contributed by atoms with Gasteiger partial charge < -0.3 is 0 Å². The van der Waals surface area contributed by atoms with Crippen molar-refractivity contribution in [2.45, 2.75) is 6.54 Å². The van der Waals surface area contributed by atoms with Crippen LogP contribution >= 0.6 is 11.6 Å². The van der Waals surface area contributed by atoms with Gasteiger partial charge in [0.1, 0.15) is 6.33 Å². The minimum Gasteiger partial charge on any atom is -0.288 e. The van der Waals surface area contributed by atoms with Crippen molar-refractivity contribution in [3.05, 3.63) is 22.5 Å². The van der Waals surface area contributed by atoms with Crippen LogP contribution < -0.4 is 11.2 Å². The van der Waals surface area contributed by atoms with Crippen LogP contribution in [0.15, 0.2) is 11.1 Å². The third kappa shape index (κ3) is 1.85. The lowest BCUT2D eigenvalue weighted by atomic mass is 10.4. The maximum atomic E-state index is 11.8. The molecule has 9 nitrogen and oxygen atoms in total. The van der Waals surface area contributed by atoms with Crippen molar-refractivity contribution in [3.8, 4) is 0 Å². The summed E-state index contributed by atoms with van der Waals surface area (Å²) in [6, 6.07) is 0. The number of fused-ring (bicyclic) bond motifs is 1. The summed E-state index contributed by atoms with van der Waals surface area (Å²) >= 11 is 5.49. The van der Waals surface area contributed by atoms with Crippen molar-refractivity contribution in [3.63, 3.8) is 0 Å². The van der Waals surface area contributed by atoms with Crippen LogP contribution in [0.3, 0.4) is 0 Å². The minimum absolute atomic E-state index is 0.0348. The van der Waals surface area contributed by atoms with Crippen LogP contribution in [-0.2, 0) is 6.54 Å². The summed E-state index contributed by atoms with van der Waals surface area (Å²) in [6.45, 7) is 0.197. The number of carbonyl (C=O) groups is 1. The highest BCUT2D eigenvalue weighted by Gasteiger charge is 2.16. The van der Waals surface area contributed by atoms with Gasteiger partial charge in [0.15, 0.2) is 11.3 Å². The summed E-state index contributed by atoms with van der Waals surface area (Å²) in [7, 11) is 0. The molecular weight excluding hydrogens is 252 g/mol. The van der Waals surface area contributed by atoms with E-state index in [2.05, 4.69) is 15.3 Å². The molecule has 0 saturated heterocycles. The molecule has 2 rings (SSSR count). The number of aromatic nitrogens is 5. The first kappa shape index (κ1) is 11.5. The maximum Gasteiger partial charge on any atom is 0.353 e. The molecule has 0 aliphatic carbocycles. The van der Waals surface area contributed by atoms with Gasteiger partial charge in [-0.05, 0) is 0 Å². The van der Waals surface area contributed by atoms with Crippen molar-refractivity contribution < 1.29 is 10.0 Å². The molecule has 2 aromatic heterocycles. The number of aryl methyl sites for hydroxylation is 1. The molecule has 0 aliphatic heterocycles. The van der Waals surface area contributed by atoms with Gasteiger partial charge in [-0.2, -0.15) is 4.68 Å². The Bertz CT molecular complexity index is 620. The Kier molecular flexibility index (Phi) is 3.02. The van der Waals surface area contributed by atoms with Crippen LogP contribution in [0, 0.1) is 0 Å². The molecule has 2 heterocycles. The Labute approximate surface area is 98.6 Å². The van der Waals surface area contributed by atoms with E-state index in [1.165, 1.54) is 5.48 Å². The second-order valence-electron chi connectivity index (χ2n) is 3.01. The number of hydrogen-bond donors (Lipinski definition) is 2. The van der Waals surface area contributed by atoms with Gasteiger partial charge >= 0.3 is 5.69 Å². The number of hydroxylamine groups is 1. The summed E-state index contributed by atoms with van der Waals surface area (Å²) in [4.78, 5) is 26.6. The lowest BCUT2D eigenvalue weighted by molar-refractivity contribution is 0.0703. The van der Waals surface area contributed by atoms with E-state index in [0.29, 0.717) is 0 Å². The fourth-order valence-electron chi connectivity index (χ4n) is 1.27. The van der Waals surface area contributed by atoms with Crippen LogP contribution in [0.1, 0.15) is 10.5 Å². The van der Waals surface area contributed by atoms with E-state index in [9.17, 15) is 9.59 Å². The zero-order valence-corrected chi connectivity index (χ0v) is 9.13. The molecule has 0 spiro atoms. The Morgan fingerprint density at radius 2 is 2.35 bits per heavy atom. The molecule has 17 heavy (non-hydrogen) atoms. The number of alkyl halides is 1. The molecule has 0 unspecified atom stereocenters. The molecule has 2 aromatic rings. The largest absolute Gasteiger partial charge is 0.353 e. The first-order valence-electron chi connectivity index (χ1n) is 4.50. The topological polar surface area (TPSA) is 114 Å². The van der Waals surface area contributed by atoms with E-state index in [1.807, 2.05) is 0 Å². The first-order valence-corrected chi connectivity index (χ1v) is 5.03. The fourth-order valence-corrected chi connectivity index (χ4v) is 1.43. The highest BCUT2D eigenvalue weighted by molar-refractivity contribution is 6.17. The van der Waals surface area contributed by atoms with Gasteiger partial charge in [0, 0.05) is 5.88 Å². The van der Waals surface area contributed by atoms with Crippen LogP contribution in [0.2, 0.25) is 0 Å². The number of nitrogens with zero attached hydrogens (tertiary/aromatic N) is 5. The van der Waals surface area contributed by atoms with Crippen LogP contribution in [0.25, 0.3) is 5.65 Å². The summed E-state index contributed by atoms with van der Waals surface area (Å²) in [5.41, 5.74) is 0.673. The lowest BCUT2D eigenvalue weighted by Crippen LogP contribution is -2.30. The predicted molar refractivity (Wildman–Crippen MR) is 55.0 cm³/mol. The molecular formula is C7H7ClN6O3. The van der Waals surface area contributed by atoms with E-state index in [-0.39, 0.29) is 23.8 Å². The highest BCUT2D eigenvalue weighted by atomic mass is 35.5. The van der Waals surface area contributed by atoms with Crippen LogP contribution in [0.4, 0.5) is 0 Å². The molecule has 2 N–H and O–H groups in total. The Balaban J connectivity index is 2.62. The minimum atomic E-state index is -0.865. The van der Waals surface area contributed by atoms with E-state index in [1.54, 1.807) is 0 Å². The Morgan fingerprint density at radius 3 is 3.00 bits per heavy atom. The summed E-state index contributed by atoms with van der Waals surface area (Å²) < 4.78 is 2.09. The van der Waals surface area contributed by atoms with Gasteiger partial charge in [0.25, 0.3) is 5.91 Å². The van der Waals surface area contributed by atoms with Gasteiger partial charge in [0.05, 0.1) is 6.54 Å². The summed E-state index contributed by atoms with van der Waals surface area (Å²) in [5, 5.41) is 15.7. The monoisotopic (exact) mass is 258 g/mol. The Morgan fingerprint density at radius 1 is 1.59 bits per heavy atom. The van der Waals surface area contributed by atoms with Crippen molar-refractivity contribution in [1.29, 1.82) is 0 Å². The highest BCUT2D eigenvalue weighted by Crippen LogP contribution is 2.01. The smallest absolute Gasteiger partial charge is 0.288 e. The standard InChI is InChI=1S/C7H7ClN6O3/c8-1-2-14-7(16)13-3-9-4(6(15)11-17)5(13)10-12-14/h3,17H,1-2H2,(H,11,15). The summed E-state index contributed by atoms with van der Waals surface area (Å²) in [5.74, 6) is -0.657. The van der Waals surface area contributed by atoms with Crippen LogP contribution in [0.5, 0.6) is 0 Å². The van der Waals surface area contributed by atoms with E-state index in [0.717, 1.165) is 15.4 Å². The second-order valence-corrected chi connectivity index (χ2v) is 3.39. The quantitative estimate of drug-likeness (QED) is 0.399. The van der Waals surface area contributed by atoms with Gasteiger partial charge in [-0.15, -0.1) is 16.7 Å². The normalized spacial score (nSPS) is 10.7. The van der Waals surface area contributed by atoms with E-state index < -0.39 is 11.6 Å². The molecule has 0 bridgehead atoms. The molecule has 0 aromatic carbocycles. The zero-order valence-electron chi connectivity index (χ0n) is 8.37. The SMILES string of the molecule is O=C(NO)c1ncn2c(=O)n(CCCl)nnc12. The molecule has 90 valence electrons. The third-order valence-corrected chi connectivity index (χ3v) is 2.20. The van der Waals surface area contributed by atoms with Crippen molar-refractivity contribution in [2.75, 3.05) is 5.88 Å². The lowest BCUT2D eigenvalue weighted by Gasteiger charge is -2.00. The maximum absolute atomic E-state index is 11.8. The Hall–Kier alpha value is -2.00. The van der Waals surface area contributed by atoms with Gasteiger partial charge in [-0.25, -0.2) is 19.7 Å². The first-order chi connectivity index (χ1) is 8.19. The molecule has 1 amide bonds. The number of imidazole rings is 1. The average molecular weight is 259 g/mol. The molecule has 0 atom stereocenters. The number of amides is 1. The predicted octanol–water partition coefficient (Wildman–Crippen LogP) is -1.36. The van der Waals surface area contributed by atoms with Crippen molar-refractivity contribution in [1.82, 2.24) is 29.9 Å². The van der Waals surface area contributed by atoms with Gasteiger partial charge in [-0.3, -0.25) is 10.0 Å². The molecule has 10 heteroatoms. The van der Waals surface area contributed by atoms with Crippen molar-refractivity contribution in [2.24, 2.45) is 0 Å². The summed E-state index contributed by atoms with van der Waals surface area (Å²) in [6.07, 6.45) is 1.13. The number of nitrogens with one attached hydrogen (secondary N) is 1. The number of carbonyl (C=O) groups excluding carboxylic acids is 1. The fraction of sp³-hybridized carbons (Fsp3) is 0.286. The number of halogens is 1. The van der Waals surface area contributed by atoms with Crippen molar-refractivity contribution >= 4 is 23.2 Å². The molecule has 0 aliphatic rings. The number of hydrogen-bond acceptors (Lipinski definition) is 6. The second kappa shape index (κ2) is 4.47. The average Bonchev–Trinajstić information content (AvgIpc) is 2.76. The number of rotatable bonds is 3. The molecule has 0 fully saturated rings. The third-order valence-electron chi connectivity index (χ3n) is 2.03. The molecule has 0 saturated carbocycles. The zero-order chi connectivity index (χ0) is 12.4. The van der Waals surface area contributed by atoms with Crippen LogP contribution in [-0.4, -0.2) is 41.4 Å².